The third-order valence-corrected chi connectivity index (χ3v) is 4.73. The van der Waals surface area contributed by atoms with Gasteiger partial charge in [-0.1, -0.05) is 23.9 Å². The maximum Gasteiger partial charge on any atom is 0.288 e. The molecular formula is C20H19F2N5O2S. The predicted molar refractivity (Wildman–Crippen MR) is 112 cm³/mol. The van der Waals surface area contributed by atoms with Gasteiger partial charge < -0.3 is 16.0 Å². The number of likely N-dealkylation sites (N-methyl/N-ethyl adjacent to an activating group) is 1. The minimum atomic E-state index is -2.48. The smallest absolute Gasteiger partial charge is 0.288 e. The normalized spacial score (nSPS) is 10.7. The van der Waals surface area contributed by atoms with Crippen LogP contribution in [-0.2, 0) is 11.3 Å². The first kappa shape index (κ1) is 21.3. The van der Waals surface area contributed by atoms with Crippen LogP contribution >= 0.6 is 11.8 Å². The van der Waals surface area contributed by atoms with Gasteiger partial charge in [-0.15, -0.1) is 0 Å². The first-order valence-electron chi connectivity index (χ1n) is 8.90. The molecule has 1 heterocycles. The molecule has 3 aromatic rings. The summed E-state index contributed by atoms with van der Waals surface area (Å²) in [5.74, 6) is -3.04. The number of hydrogen-bond donors (Lipinski definition) is 3. The van der Waals surface area contributed by atoms with E-state index in [1.807, 2.05) is 0 Å². The number of halogens is 2. The topological polar surface area (TPSA) is 88.0 Å². The zero-order valence-corrected chi connectivity index (χ0v) is 16.7. The van der Waals surface area contributed by atoms with Crippen LogP contribution in [0, 0.1) is 0 Å². The Morgan fingerprint density at radius 1 is 1.10 bits per heavy atom. The third kappa shape index (κ3) is 5.80. The molecular weight excluding hydrogens is 412 g/mol. The number of carbonyl (C=O) groups excluding carboxylic acids is 2. The summed E-state index contributed by atoms with van der Waals surface area (Å²) in [6.45, 7) is 0.0460. The van der Waals surface area contributed by atoms with Gasteiger partial charge in [-0.25, -0.2) is 0 Å². The number of anilines is 3. The fraction of sp³-hybridized carbons (Fsp3) is 0.150. The van der Waals surface area contributed by atoms with Gasteiger partial charge in [0.25, 0.3) is 11.7 Å². The molecule has 0 unspecified atom stereocenters. The average Bonchev–Trinajstić information content (AvgIpc) is 3.16. The van der Waals surface area contributed by atoms with Gasteiger partial charge in [-0.2, -0.15) is 13.9 Å². The maximum atomic E-state index is 12.7. The summed E-state index contributed by atoms with van der Waals surface area (Å²) in [6, 6.07) is 13.4. The highest BCUT2D eigenvalue weighted by molar-refractivity contribution is 7.99. The van der Waals surface area contributed by atoms with E-state index in [0.29, 0.717) is 39.3 Å². The summed E-state index contributed by atoms with van der Waals surface area (Å²) in [4.78, 5) is 24.6. The molecule has 156 valence electrons. The van der Waals surface area contributed by atoms with Gasteiger partial charge in [0, 0.05) is 23.8 Å². The molecule has 0 spiro atoms. The van der Waals surface area contributed by atoms with Crippen LogP contribution in [0.15, 0.2) is 65.8 Å². The molecule has 0 bridgehead atoms. The minimum Gasteiger partial charge on any atom is -0.358 e. The van der Waals surface area contributed by atoms with Crippen LogP contribution in [0.2, 0.25) is 0 Å². The van der Waals surface area contributed by atoms with Crippen molar-refractivity contribution in [1.82, 2.24) is 15.1 Å². The highest BCUT2D eigenvalue weighted by Gasteiger charge is 2.13. The number of nitrogens with one attached hydrogen (secondary N) is 3. The Kier molecular flexibility index (Phi) is 7.02. The number of hydrogen-bond acceptors (Lipinski definition) is 5. The predicted octanol–water partition coefficient (Wildman–Crippen LogP) is 3.94. The quantitative estimate of drug-likeness (QED) is 0.470. The average molecular weight is 431 g/mol. The zero-order valence-electron chi connectivity index (χ0n) is 15.9. The maximum absolute atomic E-state index is 12.7. The molecule has 30 heavy (non-hydrogen) atoms. The fourth-order valence-corrected chi connectivity index (χ4v) is 3.10. The van der Waals surface area contributed by atoms with E-state index in [0.717, 1.165) is 0 Å². The van der Waals surface area contributed by atoms with Crippen LogP contribution in [-0.4, -0.2) is 34.4 Å². The van der Waals surface area contributed by atoms with Crippen molar-refractivity contribution in [2.75, 3.05) is 17.7 Å². The van der Waals surface area contributed by atoms with Crippen LogP contribution in [0.1, 0.15) is 10.4 Å². The van der Waals surface area contributed by atoms with Gasteiger partial charge in [-0.05, 0) is 36.4 Å². The van der Waals surface area contributed by atoms with Crippen molar-refractivity contribution in [2.45, 2.75) is 17.2 Å². The lowest BCUT2D eigenvalue weighted by Crippen LogP contribution is -2.23. The minimum absolute atomic E-state index is 0.0460. The van der Waals surface area contributed by atoms with Crippen LogP contribution in [0.4, 0.5) is 25.8 Å². The van der Waals surface area contributed by atoms with E-state index < -0.39 is 5.76 Å². The second-order valence-corrected chi connectivity index (χ2v) is 7.19. The molecule has 0 aliphatic heterocycles. The van der Waals surface area contributed by atoms with Crippen LogP contribution in [0.25, 0.3) is 0 Å². The highest BCUT2D eigenvalue weighted by atomic mass is 32.2. The fourth-order valence-electron chi connectivity index (χ4n) is 2.60. The molecule has 3 N–H and O–H groups in total. The van der Waals surface area contributed by atoms with Crippen molar-refractivity contribution < 1.29 is 18.4 Å². The second kappa shape index (κ2) is 9.88. The lowest BCUT2D eigenvalue weighted by atomic mass is 10.1. The molecule has 0 saturated carbocycles. The zero-order chi connectivity index (χ0) is 21.5. The van der Waals surface area contributed by atoms with E-state index in [2.05, 4.69) is 21.0 Å². The molecule has 10 heteroatoms. The van der Waals surface area contributed by atoms with Crippen molar-refractivity contribution in [3.63, 3.8) is 0 Å². The highest BCUT2D eigenvalue weighted by Crippen LogP contribution is 2.28. The lowest BCUT2D eigenvalue weighted by Gasteiger charge is -2.12. The van der Waals surface area contributed by atoms with Gasteiger partial charge >= 0.3 is 0 Å². The van der Waals surface area contributed by atoms with Crippen LogP contribution in [0.3, 0.4) is 0 Å². The molecule has 2 amide bonds. The van der Waals surface area contributed by atoms with E-state index in [1.165, 1.54) is 17.9 Å². The largest absolute Gasteiger partial charge is 0.358 e. The molecule has 0 aliphatic carbocycles. The van der Waals surface area contributed by atoms with Crippen LogP contribution in [0.5, 0.6) is 0 Å². The molecule has 0 aliphatic rings. The summed E-state index contributed by atoms with van der Waals surface area (Å²) in [6.07, 6.45) is 3.01. The first-order chi connectivity index (χ1) is 14.4. The summed E-state index contributed by atoms with van der Waals surface area (Å²) in [7, 11) is 1.53. The monoisotopic (exact) mass is 431 g/mol. The Hall–Kier alpha value is -3.40. The van der Waals surface area contributed by atoms with Crippen molar-refractivity contribution in [3.8, 4) is 0 Å². The first-order valence-corrected chi connectivity index (χ1v) is 9.78. The van der Waals surface area contributed by atoms with E-state index in [1.54, 1.807) is 54.7 Å². The Balaban J connectivity index is 1.70. The molecule has 0 atom stereocenters. The number of para-hydroxylation sites is 1. The van der Waals surface area contributed by atoms with Gasteiger partial charge in [0.1, 0.15) is 6.54 Å². The summed E-state index contributed by atoms with van der Waals surface area (Å²) in [5.41, 5.74) is 2.06. The Morgan fingerprint density at radius 2 is 1.83 bits per heavy atom. The van der Waals surface area contributed by atoms with Gasteiger partial charge in [0.15, 0.2) is 0 Å². The van der Waals surface area contributed by atoms with E-state index in [9.17, 15) is 18.4 Å². The van der Waals surface area contributed by atoms with E-state index in [4.69, 9.17) is 0 Å². The number of rotatable bonds is 8. The number of benzene rings is 2. The van der Waals surface area contributed by atoms with E-state index >= 15 is 0 Å². The SMILES string of the molecule is CNC(=O)Cn1cc(NC(=O)c2ccccc2Nc2ccc(SC(F)F)cc2)cn1. The standard InChI is InChI=1S/C20H19F2N5O2S/c1-23-18(28)12-27-11-14(10-24-27)26-19(29)16-4-2-3-5-17(16)25-13-6-8-15(9-7-13)30-20(21)22/h2-11,20,25H,12H2,1H3,(H,23,28)(H,26,29). The number of aromatic nitrogens is 2. The summed E-state index contributed by atoms with van der Waals surface area (Å²) >= 11 is 0.472. The molecule has 0 saturated heterocycles. The van der Waals surface area contributed by atoms with Crippen molar-refractivity contribution in [3.05, 3.63) is 66.5 Å². The number of amides is 2. The molecule has 0 radical (unpaired) electrons. The molecule has 0 fully saturated rings. The summed E-state index contributed by atoms with van der Waals surface area (Å²) in [5, 5.41) is 12.4. The van der Waals surface area contributed by atoms with Gasteiger partial charge in [0.05, 0.1) is 23.1 Å². The number of carbonyl (C=O) groups is 2. The number of thioether (sulfide) groups is 1. The van der Waals surface area contributed by atoms with Crippen LogP contribution < -0.4 is 16.0 Å². The van der Waals surface area contributed by atoms with Crippen molar-refractivity contribution >= 4 is 40.6 Å². The summed E-state index contributed by atoms with van der Waals surface area (Å²) < 4.78 is 26.3. The Morgan fingerprint density at radius 3 is 2.53 bits per heavy atom. The van der Waals surface area contributed by atoms with Gasteiger partial charge in [-0.3, -0.25) is 14.3 Å². The Bertz CT molecular complexity index is 1020. The third-order valence-electron chi connectivity index (χ3n) is 4.01. The van der Waals surface area contributed by atoms with Crippen molar-refractivity contribution in [2.24, 2.45) is 0 Å². The Labute approximate surface area is 175 Å². The lowest BCUT2D eigenvalue weighted by molar-refractivity contribution is -0.121. The number of alkyl halides is 2. The number of nitrogens with zero attached hydrogens (tertiary/aromatic N) is 2. The second-order valence-electron chi connectivity index (χ2n) is 6.13. The molecule has 7 nitrogen and oxygen atoms in total. The van der Waals surface area contributed by atoms with Crippen molar-refractivity contribution in [1.29, 1.82) is 0 Å². The van der Waals surface area contributed by atoms with E-state index in [-0.39, 0.29) is 18.4 Å². The molecule has 2 aromatic carbocycles. The molecule has 1 aromatic heterocycles. The molecule has 3 rings (SSSR count). The van der Waals surface area contributed by atoms with Gasteiger partial charge in [0.2, 0.25) is 5.91 Å².